The fourth-order valence-corrected chi connectivity index (χ4v) is 1.46. The van der Waals surface area contributed by atoms with Crippen LogP contribution in [0.4, 0.5) is 0 Å². The Morgan fingerprint density at radius 3 is 2.92 bits per heavy atom. The molecule has 0 amide bonds. The number of aromatic nitrogens is 1. The second-order valence-electron chi connectivity index (χ2n) is 3.45. The van der Waals surface area contributed by atoms with Crippen LogP contribution in [0.5, 0.6) is 0 Å². The summed E-state index contributed by atoms with van der Waals surface area (Å²) in [5.74, 6) is 0. The van der Waals surface area contributed by atoms with Gasteiger partial charge in [-0.3, -0.25) is 4.98 Å². The van der Waals surface area contributed by atoms with E-state index in [-0.39, 0.29) is 12.1 Å². The molecule has 1 aliphatic rings. The normalized spacial score (nSPS) is 26.8. The highest BCUT2D eigenvalue weighted by Gasteiger charge is 2.27. The zero-order valence-corrected chi connectivity index (χ0v) is 7.48. The number of hydrogen-bond donors (Lipinski definition) is 2. The Bertz CT molecular complexity index is 263. The molecule has 2 atom stereocenters. The van der Waals surface area contributed by atoms with Gasteiger partial charge in [-0.05, 0) is 25.0 Å². The lowest BCUT2D eigenvalue weighted by atomic mass is 9.89. The van der Waals surface area contributed by atoms with E-state index in [0.29, 0.717) is 0 Å². The third-order valence-corrected chi connectivity index (χ3v) is 2.51. The summed E-state index contributed by atoms with van der Waals surface area (Å²) in [6.07, 6.45) is 3.64. The highest BCUT2D eigenvalue weighted by molar-refractivity contribution is 5.03. The van der Waals surface area contributed by atoms with Gasteiger partial charge in [0.05, 0.1) is 11.8 Å². The first kappa shape index (κ1) is 8.66. The van der Waals surface area contributed by atoms with E-state index >= 15 is 0 Å². The fraction of sp³-hybridized carbons (Fsp3) is 0.500. The number of rotatable bonds is 3. The van der Waals surface area contributed by atoms with E-state index in [0.717, 1.165) is 25.1 Å². The Hall–Kier alpha value is -0.930. The molecule has 1 aliphatic carbocycles. The van der Waals surface area contributed by atoms with E-state index in [1.807, 2.05) is 18.2 Å². The average Bonchev–Trinajstić information content (AvgIpc) is 2.17. The Kier molecular flexibility index (Phi) is 2.57. The van der Waals surface area contributed by atoms with Gasteiger partial charge in [-0.15, -0.1) is 0 Å². The molecule has 1 aromatic heterocycles. The summed E-state index contributed by atoms with van der Waals surface area (Å²) in [5, 5.41) is 12.6. The second-order valence-corrected chi connectivity index (χ2v) is 3.45. The van der Waals surface area contributed by atoms with E-state index in [4.69, 9.17) is 0 Å². The van der Waals surface area contributed by atoms with Crippen molar-refractivity contribution in [2.45, 2.75) is 31.5 Å². The molecular formula is C10H14N2O. The van der Waals surface area contributed by atoms with Crippen molar-refractivity contribution in [3.8, 4) is 0 Å². The Balaban J connectivity index is 1.80. The molecule has 1 aromatic rings. The van der Waals surface area contributed by atoms with Crippen LogP contribution in [-0.4, -0.2) is 22.2 Å². The van der Waals surface area contributed by atoms with Crippen molar-refractivity contribution in [3.05, 3.63) is 30.1 Å². The Morgan fingerprint density at radius 1 is 1.46 bits per heavy atom. The van der Waals surface area contributed by atoms with Crippen molar-refractivity contribution < 1.29 is 5.11 Å². The fourth-order valence-electron chi connectivity index (χ4n) is 1.46. The molecule has 2 N–H and O–H groups in total. The van der Waals surface area contributed by atoms with E-state index in [9.17, 15) is 5.11 Å². The van der Waals surface area contributed by atoms with Crippen molar-refractivity contribution in [1.29, 1.82) is 0 Å². The van der Waals surface area contributed by atoms with Gasteiger partial charge in [-0.1, -0.05) is 6.07 Å². The molecule has 2 rings (SSSR count). The van der Waals surface area contributed by atoms with Crippen LogP contribution in [0.2, 0.25) is 0 Å². The predicted octanol–water partition coefficient (Wildman–Crippen LogP) is 0.694. The van der Waals surface area contributed by atoms with E-state index < -0.39 is 0 Å². The van der Waals surface area contributed by atoms with Gasteiger partial charge in [0.25, 0.3) is 0 Å². The van der Waals surface area contributed by atoms with Crippen molar-refractivity contribution in [1.82, 2.24) is 10.3 Å². The number of nitrogens with zero attached hydrogens (tertiary/aromatic N) is 1. The van der Waals surface area contributed by atoms with E-state index in [1.165, 1.54) is 0 Å². The quantitative estimate of drug-likeness (QED) is 0.716. The maximum atomic E-state index is 9.30. The topological polar surface area (TPSA) is 45.1 Å². The van der Waals surface area contributed by atoms with Crippen LogP contribution in [0.3, 0.4) is 0 Å². The Morgan fingerprint density at radius 2 is 2.38 bits per heavy atom. The molecule has 0 bridgehead atoms. The van der Waals surface area contributed by atoms with Gasteiger partial charge in [0.1, 0.15) is 0 Å². The molecule has 70 valence electrons. The predicted molar refractivity (Wildman–Crippen MR) is 50.1 cm³/mol. The number of aliphatic hydroxyl groups excluding tert-OH is 1. The summed E-state index contributed by atoms with van der Waals surface area (Å²) in [6, 6.07) is 6.14. The van der Waals surface area contributed by atoms with Gasteiger partial charge in [0.15, 0.2) is 0 Å². The largest absolute Gasteiger partial charge is 0.392 e. The first-order valence-corrected chi connectivity index (χ1v) is 4.67. The van der Waals surface area contributed by atoms with Crippen LogP contribution in [0, 0.1) is 0 Å². The molecule has 1 saturated carbocycles. The third-order valence-electron chi connectivity index (χ3n) is 2.51. The molecule has 0 radical (unpaired) electrons. The van der Waals surface area contributed by atoms with Gasteiger partial charge in [0.2, 0.25) is 0 Å². The minimum atomic E-state index is -0.149. The number of hydrogen-bond acceptors (Lipinski definition) is 3. The van der Waals surface area contributed by atoms with E-state index in [1.54, 1.807) is 6.20 Å². The second kappa shape index (κ2) is 3.85. The lowest BCUT2D eigenvalue weighted by molar-refractivity contribution is 0.0491. The summed E-state index contributed by atoms with van der Waals surface area (Å²) in [5.41, 5.74) is 1.03. The lowest BCUT2D eigenvalue weighted by Crippen LogP contribution is -2.47. The highest BCUT2D eigenvalue weighted by atomic mass is 16.3. The summed E-state index contributed by atoms with van der Waals surface area (Å²) in [7, 11) is 0. The average molecular weight is 178 g/mol. The van der Waals surface area contributed by atoms with Crippen molar-refractivity contribution in [2.75, 3.05) is 0 Å². The maximum Gasteiger partial charge on any atom is 0.0693 e. The lowest BCUT2D eigenvalue weighted by Gasteiger charge is -2.33. The minimum Gasteiger partial charge on any atom is -0.392 e. The van der Waals surface area contributed by atoms with Crippen LogP contribution >= 0.6 is 0 Å². The van der Waals surface area contributed by atoms with Crippen molar-refractivity contribution in [3.63, 3.8) is 0 Å². The highest BCUT2D eigenvalue weighted by Crippen LogP contribution is 2.19. The van der Waals surface area contributed by atoms with Crippen LogP contribution in [0.25, 0.3) is 0 Å². The van der Waals surface area contributed by atoms with Crippen molar-refractivity contribution in [2.24, 2.45) is 0 Å². The molecular weight excluding hydrogens is 164 g/mol. The molecule has 0 aromatic carbocycles. The summed E-state index contributed by atoms with van der Waals surface area (Å²) < 4.78 is 0. The molecule has 0 saturated heterocycles. The monoisotopic (exact) mass is 178 g/mol. The van der Waals surface area contributed by atoms with Gasteiger partial charge in [-0.2, -0.15) is 0 Å². The first-order valence-electron chi connectivity index (χ1n) is 4.67. The van der Waals surface area contributed by atoms with E-state index in [2.05, 4.69) is 10.3 Å². The third kappa shape index (κ3) is 2.05. The molecule has 0 spiro atoms. The SMILES string of the molecule is OC1CCC1NCc1ccccn1. The van der Waals surface area contributed by atoms with Gasteiger partial charge in [0, 0.05) is 18.8 Å². The van der Waals surface area contributed by atoms with Gasteiger partial charge >= 0.3 is 0 Å². The summed E-state index contributed by atoms with van der Waals surface area (Å²) >= 11 is 0. The molecule has 3 heteroatoms. The molecule has 1 fully saturated rings. The number of aliphatic hydroxyl groups is 1. The van der Waals surface area contributed by atoms with Crippen LogP contribution in [0.1, 0.15) is 18.5 Å². The molecule has 13 heavy (non-hydrogen) atoms. The molecule has 3 nitrogen and oxygen atoms in total. The number of nitrogens with one attached hydrogen (secondary N) is 1. The number of pyridine rings is 1. The van der Waals surface area contributed by atoms with Crippen molar-refractivity contribution >= 4 is 0 Å². The smallest absolute Gasteiger partial charge is 0.0693 e. The van der Waals surface area contributed by atoms with Crippen LogP contribution < -0.4 is 5.32 Å². The standard InChI is InChI=1S/C10H14N2O/c13-10-5-4-9(10)12-7-8-3-1-2-6-11-8/h1-3,6,9-10,12-13H,4-5,7H2. The molecule has 0 aliphatic heterocycles. The molecule has 1 heterocycles. The van der Waals surface area contributed by atoms with Crippen LogP contribution in [-0.2, 0) is 6.54 Å². The first-order chi connectivity index (χ1) is 6.36. The van der Waals surface area contributed by atoms with Gasteiger partial charge < -0.3 is 10.4 Å². The summed E-state index contributed by atoms with van der Waals surface area (Å²) in [6.45, 7) is 0.753. The Labute approximate surface area is 77.8 Å². The zero-order chi connectivity index (χ0) is 9.10. The van der Waals surface area contributed by atoms with Crippen LogP contribution in [0.15, 0.2) is 24.4 Å². The van der Waals surface area contributed by atoms with Gasteiger partial charge in [-0.25, -0.2) is 0 Å². The molecule has 2 unspecified atom stereocenters. The zero-order valence-electron chi connectivity index (χ0n) is 7.48. The maximum absolute atomic E-state index is 9.30. The summed E-state index contributed by atoms with van der Waals surface area (Å²) in [4.78, 5) is 4.19. The minimum absolute atomic E-state index is 0.149.